The number of ether oxygens (including phenoxy) is 3. The van der Waals surface area contributed by atoms with Crippen molar-refractivity contribution in [1.82, 2.24) is 5.32 Å². The van der Waals surface area contributed by atoms with Crippen LogP contribution in [0.25, 0.3) is 11.1 Å². The molecule has 0 aliphatic carbocycles. The zero-order valence-corrected chi connectivity index (χ0v) is 21.6. The average molecular weight is 504 g/mol. The number of carbonyl (C=O) groups excluding carboxylic acids is 3. The molecule has 0 atom stereocenters. The zero-order chi connectivity index (χ0) is 25.8. The molecule has 0 spiro atoms. The van der Waals surface area contributed by atoms with Crippen LogP contribution in [0.1, 0.15) is 52.5 Å². The molecule has 0 bridgehead atoms. The third-order valence-electron chi connectivity index (χ3n) is 5.38. The number of hydrogen-bond acceptors (Lipinski definition) is 6. The number of benzene rings is 2. The van der Waals surface area contributed by atoms with Crippen molar-refractivity contribution in [3.8, 4) is 16.9 Å². The van der Waals surface area contributed by atoms with Crippen LogP contribution in [0.2, 0.25) is 5.02 Å². The molecule has 7 nitrogen and oxygen atoms in total. The lowest BCUT2D eigenvalue weighted by molar-refractivity contribution is -0.150. The van der Waals surface area contributed by atoms with Crippen LogP contribution in [0.4, 0.5) is 0 Å². The van der Waals surface area contributed by atoms with Crippen LogP contribution in [0.15, 0.2) is 42.5 Å². The molecule has 0 aliphatic rings. The van der Waals surface area contributed by atoms with Crippen molar-refractivity contribution in [3.63, 3.8) is 0 Å². The Hall–Kier alpha value is -3.06. The van der Waals surface area contributed by atoms with Crippen LogP contribution >= 0.6 is 11.6 Å². The van der Waals surface area contributed by atoms with Crippen molar-refractivity contribution < 1.29 is 28.6 Å². The predicted octanol–water partition coefficient (Wildman–Crippen LogP) is 5.12. The summed E-state index contributed by atoms with van der Waals surface area (Å²) in [6.07, 6.45) is 2.95. The quantitative estimate of drug-likeness (QED) is 0.301. The second-order valence-electron chi connectivity index (χ2n) is 8.57. The van der Waals surface area contributed by atoms with E-state index >= 15 is 0 Å². The average Bonchev–Trinajstić information content (AvgIpc) is 2.81. The van der Waals surface area contributed by atoms with Gasteiger partial charge in [0, 0.05) is 20.8 Å². The van der Waals surface area contributed by atoms with Crippen LogP contribution in [0.3, 0.4) is 0 Å². The number of unbranched alkanes of at least 4 members (excludes halogenated alkanes) is 1. The molecule has 0 aliphatic heterocycles. The molecule has 0 unspecified atom stereocenters. The summed E-state index contributed by atoms with van der Waals surface area (Å²) in [7, 11) is 0. The lowest BCUT2D eigenvalue weighted by Gasteiger charge is -2.33. The number of hydrogen-bond donors (Lipinski definition) is 1. The first-order chi connectivity index (χ1) is 16.6. The first-order valence-corrected chi connectivity index (χ1v) is 12.1. The molecule has 1 N–H and O–H groups in total. The highest BCUT2D eigenvalue weighted by atomic mass is 35.5. The van der Waals surface area contributed by atoms with Crippen molar-refractivity contribution >= 4 is 29.4 Å². The molecule has 190 valence electrons. The van der Waals surface area contributed by atoms with Crippen molar-refractivity contribution in [2.75, 3.05) is 19.8 Å². The van der Waals surface area contributed by atoms with Crippen molar-refractivity contribution in [3.05, 3.63) is 53.1 Å². The van der Waals surface area contributed by atoms with Crippen LogP contribution in [-0.2, 0) is 30.3 Å². The smallest absolute Gasteiger partial charge is 0.302 e. The highest BCUT2D eigenvalue weighted by Crippen LogP contribution is 2.31. The molecule has 35 heavy (non-hydrogen) atoms. The molecule has 1 amide bonds. The molecule has 0 saturated heterocycles. The van der Waals surface area contributed by atoms with E-state index in [1.807, 2.05) is 42.5 Å². The van der Waals surface area contributed by atoms with Crippen LogP contribution in [0, 0.1) is 0 Å². The minimum atomic E-state index is -1.04. The topological polar surface area (TPSA) is 90.9 Å². The van der Waals surface area contributed by atoms with Crippen molar-refractivity contribution in [1.29, 1.82) is 0 Å². The van der Waals surface area contributed by atoms with Crippen LogP contribution < -0.4 is 10.1 Å². The van der Waals surface area contributed by atoms with E-state index in [0.29, 0.717) is 30.2 Å². The number of nitrogens with one attached hydrogen (secondary N) is 1. The van der Waals surface area contributed by atoms with Gasteiger partial charge in [0.25, 0.3) is 0 Å². The summed E-state index contributed by atoms with van der Waals surface area (Å²) >= 11 is 6.44. The predicted molar refractivity (Wildman–Crippen MR) is 135 cm³/mol. The third kappa shape index (κ3) is 9.61. The lowest BCUT2D eigenvalue weighted by atomic mass is 9.91. The highest BCUT2D eigenvalue weighted by Gasteiger charge is 2.34. The Morgan fingerprint density at radius 3 is 2.17 bits per heavy atom. The Balaban J connectivity index is 2.21. The first-order valence-electron chi connectivity index (χ1n) is 11.7. The van der Waals surface area contributed by atoms with Gasteiger partial charge >= 0.3 is 11.9 Å². The number of esters is 2. The second kappa shape index (κ2) is 13.7. The minimum absolute atomic E-state index is 0.107. The van der Waals surface area contributed by atoms with Gasteiger partial charge in [0.2, 0.25) is 5.91 Å². The largest absolute Gasteiger partial charge is 0.492 e. The van der Waals surface area contributed by atoms with E-state index in [1.54, 1.807) is 0 Å². The van der Waals surface area contributed by atoms with E-state index in [0.717, 1.165) is 29.5 Å². The number of amides is 1. The molecular weight excluding hydrogens is 470 g/mol. The molecule has 0 radical (unpaired) electrons. The van der Waals surface area contributed by atoms with Gasteiger partial charge in [-0.3, -0.25) is 14.4 Å². The standard InChI is InChI=1S/C27H34ClNO6/c1-5-6-14-33-26-11-10-24(16-25(26)28)23-9-7-8-22(15-23)12-13-27(29-19(2)30,17-34-20(3)31)18-35-21(4)32/h7-11,15-16H,5-6,12-14,17-18H2,1-4H3,(H,29,30). The number of aryl methyl sites for hydroxylation is 1. The van der Waals surface area contributed by atoms with E-state index < -0.39 is 17.5 Å². The molecule has 0 fully saturated rings. The fourth-order valence-electron chi connectivity index (χ4n) is 3.59. The normalized spacial score (nSPS) is 11.0. The summed E-state index contributed by atoms with van der Waals surface area (Å²) in [5.74, 6) is -0.614. The Morgan fingerprint density at radius 2 is 1.60 bits per heavy atom. The molecule has 2 aromatic carbocycles. The van der Waals surface area contributed by atoms with Gasteiger partial charge in [0.05, 0.1) is 11.6 Å². The maximum absolute atomic E-state index is 11.9. The fourth-order valence-corrected chi connectivity index (χ4v) is 3.82. The molecule has 0 heterocycles. The third-order valence-corrected chi connectivity index (χ3v) is 5.68. The van der Waals surface area contributed by atoms with Gasteiger partial charge < -0.3 is 19.5 Å². The summed E-state index contributed by atoms with van der Waals surface area (Å²) in [6.45, 7) is 6.47. The van der Waals surface area contributed by atoms with Gasteiger partial charge in [0.1, 0.15) is 24.5 Å². The van der Waals surface area contributed by atoms with Crippen LogP contribution in [0.5, 0.6) is 5.75 Å². The van der Waals surface area contributed by atoms with E-state index in [1.165, 1.54) is 20.8 Å². The van der Waals surface area contributed by atoms with E-state index in [4.69, 9.17) is 25.8 Å². The van der Waals surface area contributed by atoms with Crippen molar-refractivity contribution in [2.24, 2.45) is 0 Å². The van der Waals surface area contributed by atoms with E-state index in [2.05, 4.69) is 12.2 Å². The van der Waals surface area contributed by atoms with Gasteiger partial charge in [-0.1, -0.05) is 55.3 Å². The van der Waals surface area contributed by atoms with Gasteiger partial charge in [0.15, 0.2) is 0 Å². The summed E-state index contributed by atoms with van der Waals surface area (Å²) in [5.41, 5.74) is 1.89. The van der Waals surface area contributed by atoms with Gasteiger partial charge in [-0.2, -0.15) is 0 Å². The monoisotopic (exact) mass is 503 g/mol. The maximum atomic E-state index is 11.9. The summed E-state index contributed by atoms with van der Waals surface area (Å²) in [4.78, 5) is 34.8. The Morgan fingerprint density at radius 1 is 0.943 bits per heavy atom. The molecule has 0 saturated carbocycles. The Kier molecular flexibility index (Phi) is 11.1. The van der Waals surface area contributed by atoms with Gasteiger partial charge in [-0.25, -0.2) is 0 Å². The van der Waals surface area contributed by atoms with Crippen LogP contribution in [-0.4, -0.2) is 43.2 Å². The lowest BCUT2D eigenvalue weighted by Crippen LogP contribution is -2.55. The molecule has 8 heteroatoms. The second-order valence-corrected chi connectivity index (χ2v) is 8.98. The van der Waals surface area contributed by atoms with E-state index in [-0.39, 0.29) is 19.1 Å². The van der Waals surface area contributed by atoms with Crippen molar-refractivity contribution in [2.45, 2.75) is 58.9 Å². The number of rotatable bonds is 13. The number of carbonyl (C=O) groups is 3. The summed E-state index contributed by atoms with van der Waals surface area (Å²) in [6, 6.07) is 13.7. The first kappa shape index (κ1) is 28.2. The number of halogens is 1. The van der Waals surface area contributed by atoms with Gasteiger partial charge in [-0.15, -0.1) is 0 Å². The Bertz CT molecular complexity index is 1000. The molecule has 0 aromatic heterocycles. The highest BCUT2D eigenvalue weighted by molar-refractivity contribution is 6.32. The zero-order valence-electron chi connectivity index (χ0n) is 20.8. The molecule has 2 aromatic rings. The maximum Gasteiger partial charge on any atom is 0.302 e. The van der Waals surface area contributed by atoms with Gasteiger partial charge in [-0.05, 0) is 48.1 Å². The molecule has 2 rings (SSSR count). The molecular formula is C27H34ClNO6. The SMILES string of the molecule is CCCCOc1ccc(-c2cccc(CCC(COC(C)=O)(COC(C)=O)NC(C)=O)c2)cc1Cl. The fraction of sp³-hybridized carbons (Fsp3) is 0.444. The van der Waals surface area contributed by atoms with E-state index in [9.17, 15) is 14.4 Å². The Labute approximate surface area is 212 Å². The summed E-state index contributed by atoms with van der Waals surface area (Å²) < 4.78 is 16.2. The minimum Gasteiger partial charge on any atom is -0.492 e. The summed E-state index contributed by atoms with van der Waals surface area (Å²) in [5, 5.41) is 3.38.